The average molecular weight is 936 g/mol. The van der Waals surface area contributed by atoms with Gasteiger partial charge < -0.3 is 34.2 Å². The van der Waals surface area contributed by atoms with Gasteiger partial charge >= 0.3 is 0 Å². The van der Waals surface area contributed by atoms with Gasteiger partial charge in [-0.05, 0) is 126 Å². The van der Waals surface area contributed by atoms with Gasteiger partial charge in [0.05, 0.1) is 23.2 Å². The Balaban J connectivity index is 1.29. The summed E-state index contributed by atoms with van der Waals surface area (Å²) in [5.74, 6) is -1.46. The van der Waals surface area contributed by atoms with Crippen LogP contribution in [-0.2, 0) is 20.9 Å². The van der Waals surface area contributed by atoms with Crippen molar-refractivity contribution in [3.05, 3.63) is 184 Å². The fourth-order valence-electron chi connectivity index (χ4n) is 10.4. The molecule has 1 aliphatic heterocycles. The summed E-state index contributed by atoms with van der Waals surface area (Å²) in [6.07, 6.45) is 11.4. The van der Waals surface area contributed by atoms with E-state index in [9.17, 15) is 24.7 Å². The normalized spacial score (nSPS) is 21.9. The molecule has 5 aromatic carbocycles. The highest BCUT2D eigenvalue weighted by molar-refractivity contribution is 6.03. The SMILES string of the molecule is C=CCO[C@@]12Oc3ccc(Oc4ccc(-c5ccccc5)cc4)cc3[C@H]3[C@H](CCCCO)[C@@H](CCCCO)C=C(C(=NOC)C[C@@H]1N(Cc1ccc(F)cc1)C(=O)C=Cc1ccc([N+](=O)[O-])cc1)[C@H]32. The number of carbonyl (C=O) groups excluding carboxylic acids is 1. The Labute approximate surface area is 402 Å². The standard InChI is InChI=1S/C56H58FN3O9/c1-3-33-67-56-52(59(37-39-15-22-43(57)23-16-39)53(63)30-19-38-17-24-44(25-18-38)60(64)65)36-50(58-66-2)48-34-42(13-7-9-31-61)47(14-8-10-32-62)54(55(48)56)49-35-46(28-29-51(49)69-56)68-45-26-20-41(21-27-45)40-11-5-4-6-12-40/h3-6,11-12,15-30,34-35,42,47,52,54-55,61-62H,1,7-10,13-14,31-33,36-37H2,2H3/t42-,47+,52-,54+,55+,56+/m0/s1. The summed E-state index contributed by atoms with van der Waals surface area (Å²) in [5, 5.41) is 36.1. The van der Waals surface area contributed by atoms with Crippen LogP contribution in [0, 0.1) is 33.7 Å². The van der Waals surface area contributed by atoms with Crippen LogP contribution in [0.1, 0.15) is 67.6 Å². The number of aliphatic hydroxyl groups excluding tert-OH is 2. The Morgan fingerprint density at radius 1 is 0.913 bits per heavy atom. The maximum Gasteiger partial charge on any atom is 0.269 e. The number of nitro groups is 1. The van der Waals surface area contributed by atoms with Crippen LogP contribution in [0.3, 0.4) is 0 Å². The molecule has 1 amide bonds. The number of unbranched alkanes of at least 4 members (excludes halogenated alkanes) is 2. The summed E-state index contributed by atoms with van der Waals surface area (Å²) < 4.78 is 35.5. The molecule has 1 fully saturated rings. The van der Waals surface area contributed by atoms with E-state index in [1.54, 1.807) is 41.3 Å². The summed E-state index contributed by atoms with van der Waals surface area (Å²) in [4.78, 5) is 33.3. The van der Waals surface area contributed by atoms with Crippen molar-refractivity contribution in [1.29, 1.82) is 0 Å². The first kappa shape index (κ1) is 48.5. The molecule has 358 valence electrons. The number of hydrogen-bond acceptors (Lipinski definition) is 10. The topological polar surface area (TPSA) is 153 Å². The average Bonchev–Trinajstić information content (AvgIpc) is 3.37. The van der Waals surface area contributed by atoms with E-state index in [-0.39, 0.29) is 56.2 Å². The lowest BCUT2D eigenvalue weighted by molar-refractivity contribution is -0.384. The van der Waals surface area contributed by atoms with Gasteiger partial charge in [-0.1, -0.05) is 84.7 Å². The monoisotopic (exact) mass is 935 g/mol. The number of hydrogen-bond donors (Lipinski definition) is 2. The number of ether oxygens (including phenoxy) is 3. The molecule has 13 heteroatoms. The molecule has 0 radical (unpaired) electrons. The molecule has 0 unspecified atom stereocenters. The van der Waals surface area contributed by atoms with Crippen LogP contribution in [0.4, 0.5) is 10.1 Å². The molecule has 2 N–H and O–H groups in total. The number of benzene rings is 5. The number of allylic oxidation sites excluding steroid dienone is 1. The van der Waals surface area contributed by atoms with Gasteiger partial charge in [-0.25, -0.2) is 4.39 Å². The molecule has 0 bridgehead atoms. The van der Waals surface area contributed by atoms with Gasteiger partial charge in [0, 0.05) is 55.9 Å². The van der Waals surface area contributed by atoms with Gasteiger partial charge in [0.25, 0.3) is 5.69 Å². The number of non-ortho nitro benzene ring substituents is 1. The highest BCUT2D eigenvalue weighted by Gasteiger charge is 2.65. The molecule has 12 nitrogen and oxygen atoms in total. The Morgan fingerprint density at radius 3 is 2.29 bits per heavy atom. The molecular weight excluding hydrogens is 878 g/mol. The number of fused-ring (bicyclic) bond motifs is 2. The molecule has 0 saturated heterocycles. The zero-order valence-corrected chi connectivity index (χ0v) is 38.7. The fourth-order valence-corrected chi connectivity index (χ4v) is 10.4. The first-order valence-corrected chi connectivity index (χ1v) is 23.6. The molecule has 5 aromatic rings. The number of amides is 1. The maximum absolute atomic E-state index is 15.0. The van der Waals surface area contributed by atoms with E-state index in [1.807, 2.05) is 60.7 Å². The number of carbonyl (C=O) groups is 1. The van der Waals surface area contributed by atoms with Crippen molar-refractivity contribution in [2.75, 3.05) is 26.9 Å². The van der Waals surface area contributed by atoms with Crippen LogP contribution >= 0.6 is 0 Å². The van der Waals surface area contributed by atoms with E-state index in [0.29, 0.717) is 46.9 Å². The lowest BCUT2D eigenvalue weighted by Crippen LogP contribution is -2.70. The number of nitro benzene ring substituents is 1. The third kappa shape index (κ3) is 10.9. The lowest BCUT2D eigenvalue weighted by atomic mass is 9.55. The van der Waals surface area contributed by atoms with Gasteiger partial charge in [-0.3, -0.25) is 14.9 Å². The van der Waals surface area contributed by atoms with Crippen molar-refractivity contribution in [1.82, 2.24) is 4.90 Å². The Bertz CT molecular complexity index is 2650. The van der Waals surface area contributed by atoms with E-state index in [1.165, 1.54) is 37.5 Å². The zero-order valence-electron chi connectivity index (χ0n) is 38.7. The second-order valence-electron chi connectivity index (χ2n) is 17.7. The molecule has 69 heavy (non-hydrogen) atoms. The molecule has 1 heterocycles. The van der Waals surface area contributed by atoms with Crippen LogP contribution < -0.4 is 9.47 Å². The number of halogens is 1. The molecule has 2 aliphatic carbocycles. The number of aliphatic hydroxyl groups is 2. The summed E-state index contributed by atoms with van der Waals surface area (Å²) in [5.41, 5.74) is 5.69. The highest BCUT2D eigenvalue weighted by Crippen LogP contribution is 2.62. The lowest BCUT2D eigenvalue weighted by Gasteiger charge is -2.60. The van der Waals surface area contributed by atoms with E-state index in [4.69, 9.17) is 19.0 Å². The largest absolute Gasteiger partial charge is 0.459 e. The van der Waals surface area contributed by atoms with E-state index >= 15 is 4.79 Å². The second kappa shape index (κ2) is 22.5. The first-order chi connectivity index (χ1) is 33.7. The predicted molar refractivity (Wildman–Crippen MR) is 263 cm³/mol. The molecule has 1 saturated carbocycles. The Hall–Kier alpha value is -6.93. The summed E-state index contributed by atoms with van der Waals surface area (Å²) in [6.45, 7) is 4.23. The molecular formula is C56H58FN3O9. The van der Waals surface area contributed by atoms with Crippen molar-refractivity contribution >= 4 is 23.4 Å². The van der Waals surface area contributed by atoms with E-state index in [0.717, 1.165) is 47.9 Å². The zero-order chi connectivity index (χ0) is 48.3. The van der Waals surface area contributed by atoms with Gasteiger partial charge in [0.1, 0.15) is 36.2 Å². The summed E-state index contributed by atoms with van der Waals surface area (Å²) in [6, 6.07) is 34.9. The molecule has 0 aromatic heterocycles. The number of nitrogens with zero attached hydrogens (tertiary/aromatic N) is 3. The minimum absolute atomic E-state index is 0.0184. The van der Waals surface area contributed by atoms with Gasteiger partial charge in [-0.2, -0.15) is 0 Å². The smallest absolute Gasteiger partial charge is 0.269 e. The van der Waals surface area contributed by atoms with Crippen molar-refractivity contribution in [3.8, 4) is 28.4 Å². The van der Waals surface area contributed by atoms with Crippen LogP contribution in [0.25, 0.3) is 17.2 Å². The van der Waals surface area contributed by atoms with Crippen LogP contribution in [0.5, 0.6) is 17.2 Å². The Kier molecular flexibility index (Phi) is 15.8. The first-order valence-electron chi connectivity index (χ1n) is 23.6. The van der Waals surface area contributed by atoms with Crippen LogP contribution in [0.2, 0.25) is 0 Å². The minimum atomic E-state index is -1.55. The fraction of sp³-hybridized carbons (Fsp3) is 0.321. The summed E-state index contributed by atoms with van der Waals surface area (Å²) >= 11 is 0. The highest BCUT2D eigenvalue weighted by atomic mass is 19.1. The van der Waals surface area contributed by atoms with Crippen molar-refractivity contribution in [3.63, 3.8) is 0 Å². The quantitative estimate of drug-likeness (QED) is 0.0241. The van der Waals surface area contributed by atoms with Crippen LogP contribution in [-0.4, -0.2) is 70.4 Å². The van der Waals surface area contributed by atoms with Crippen molar-refractivity contribution in [2.45, 2.75) is 69.2 Å². The van der Waals surface area contributed by atoms with Crippen molar-refractivity contribution in [2.24, 2.45) is 22.9 Å². The van der Waals surface area contributed by atoms with Crippen molar-refractivity contribution < 1.29 is 43.4 Å². The molecule has 3 aliphatic rings. The van der Waals surface area contributed by atoms with Crippen LogP contribution in [0.15, 0.2) is 157 Å². The van der Waals surface area contributed by atoms with E-state index < -0.39 is 34.4 Å². The third-order valence-electron chi connectivity index (χ3n) is 13.5. The predicted octanol–water partition coefficient (Wildman–Crippen LogP) is 11.2. The van der Waals surface area contributed by atoms with Gasteiger partial charge in [-0.15, -0.1) is 6.58 Å². The van der Waals surface area contributed by atoms with E-state index in [2.05, 4.69) is 29.9 Å². The molecule has 0 spiro atoms. The summed E-state index contributed by atoms with van der Waals surface area (Å²) in [7, 11) is 1.49. The third-order valence-corrected chi connectivity index (χ3v) is 13.5. The number of oxime groups is 1. The number of rotatable bonds is 21. The maximum atomic E-state index is 15.0. The molecule has 6 atom stereocenters. The second-order valence-corrected chi connectivity index (χ2v) is 17.7. The molecule has 8 rings (SSSR count). The van der Waals surface area contributed by atoms with Gasteiger partial charge in [0.15, 0.2) is 0 Å². The minimum Gasteiger partial charge on any atom is -0.459 e. The Morgan fingerprint density at radius 2 is 1.61 bits per heavy atom. The van der Waals surface area contributed by atoms with Gasteiger partial charge in [0.2, 0.25) is 11.7 Å².